The average molecular weight is 130 g/mol. The number of rotatable bonds is 0. The van der Waals surface area contributed by atoms with E-state index in [9.17, 15) is 13.2 Å². The normalized spacial score (nSPS) is 30.4. The Labute approximate surface area is 42.0 Å². The molecular formula is C2HF3OS. The summed E-state index contributed by atoms with van der Waals surface area (Å²) < 4.78 is 37.1. The second-order valence-corrected chi connectivity index (χ2v) is 1.88. The second kappa shape index (κ2) is 1.29. The standard InChI is InChI=1S/C2HF3OS/c3-2(4,5)1-6-7-1/h1H. The van der Waals surface area contributed by atoms with Gasteiger partial charge < -0.3 is 0 Å². The van der Waals surface area contributed by atoms with E-state index in [0.717, 1.165) is 0 Å². The molecule has 0 aromatic carbocycles. The van der Waals surface area contributed by atoms with E-state index in [4.69, 9.17) is 0 Å². The van der Waals surface area contributed by atoms with Crippen molar-refractivity contribution in [3.63, 3.8) is 0 Å². The molecule has 1 rings (SSSR count). The maximum Gasteiger partial charge on any atom is 0.427 e. The molecule has 5 heteroatoms. The average Bonchev–Trinajstić information content (AvgIpc) is 1.99. The highest BCUT2D eigenvalue weighted by Crippen LogP contribution is 2.45. The monoisotopic (exact) mass is 130 g/mol. The van der Waals surface area contributed by atoms with E-state index < -0.39 is 11.6 Å². The summed E-state index contributed by atoms with van der Waals surface area (Å²) in [6, 6.07) is 0. The lowest BCUT2D eigenvalue weighted by Crippen LogP contribution is -2.13. The molecule has 0 spiro atoms. The van der Waals surface area contributed by atoms with E-state index in [2.05, 4.69) is 4.18 Å². The van der Waals surface area contributed by atoms with Gasteiger partial charge in [-0.05, 0) is 0 Å². The molecule has 1 aliphatic rings. The van der Waals surface area contributed by atoms with Crippen molar-refractivity contribution in [2.24, 2.45) is 0 Å². The van der Waals surface area contributed by atoms with Crippen molar-refractivity contribution in [1.82, 2.24) is 0 Å². The van der Waals surface area contributed by atoms with Crippen LogP contribution in [0.4, 0.5) is 13.2 Å². The maximum absolute atomic E-state index is 11.1. The minimum atomic E-state index is -4.15. The van der Waals surface area contributed by atoms with Crippen LogP contribution in [0.1, 0.15) is 0 Å². The van der Waals surface area contributed by atoms with Gasteiger partial charge in [-0.15, -0.1) is 0 Å². The van der Waals surface area contributed by atoms with Gasteiger partial charge in [-0.2, -0.15) is 13.2 Å². The van der Waals surface area contributed by atoms with Crippen molar-refractivity contribution in [3.8, 4) is 0 Å². The highest BCUT2D eigenvalue weighted by Gasteiger charge is 2.51. The summed E-state index contributed by atoms with van der Waals surface area (Å²) in [7, 11) is 0. The molecule has 1 saturated heterocycles. The minimum Gasteiger partial charge on any atom is -0.286 e. The van der Waals surface area contributed by atoms with Gasteiger partial charge in [-0.25, -0.2) is 0 Å². The lowest BCUT2D eigenvalue weighted by Gasteiger charge is -1.94. The topological polar surface area (TPSA) is 12.5 Å². The smallest absolute Gasteiger partial charge is 0.286 e. The van der Waals surface area contributed by atoms with Crippen molar-refractivity contribution in [1.29, 1.82) is 0 Å². The summed E-state index contributed by atoms with van der Waals surface area (Å²) in [6.07, 6.45) is -4.15. The van der Waals surface area contributed by atoms with Crippen LogP contribution in [0.25, 0.3) is 0 Å². The Hall–Kier alpha value is 0.100. The SMILES string of the molecule is FC(F)(F)C1OS1. The first-order valence-electron chi connectivity index (χ1n) is 1.49. The van der Waals surface area contributed by atoms with Crippen LogP contribution >= 0.6 is 12.0 Å². The van der Waals surface area contributed by atoms with Gasteiger partial charge in [-0.1, -0.05) is 0 Å². The Balaban J connectivity index is 2.36. The van der Waals surface area contributed by atoms with E-state index >= 15 is 0 Å². The predicted octanol–water partition coefficient (Wildman–Crippen LogP) is 1.55. The van der Waals surface area contributed by atoms with Crippen LogP contribution in [0.3, 0.4) is 0 Å². The van der Waals surface area contributed by atoms with E-state index in [1.54, 1.807) is 0 Å². The zero-order chi connectivity index (χ0) is 5.49. The molecule has 0 aromatic rings. The summed E-state index contributed by atoms with van der Waals surface area (Å²) in [6.45, 7) is 0. The van der Waals surface area contributed by atoms with Gasteiger partial charge in [0.1, 0.15) is 0 Å². The van der Waals surface area contributed by atoms with Crippen LogP contribution in [0.15, 0.2) is 0 Å². The molecule has 1 unspecified atom stereocenters. The van der Waals surface area contributed by atoms with E-state index in [0.29, 0.717) is 12.0 Å². The largest absolute Gasteiger partial charge is 0.427 e. The predicted molar refractivity (Wildman–Crippen MR) is 18.5 cm³/mol. The van der Waals surface area contributed by atoms with Gasteiger partial charge in [0.25, 0.3) is 0 Å². The molecule has 0 N–H and O–H groups in total. The van der Waals surface area contributed by atoms with Crippen molar-refractivity contribution >= 4 is 12.0 Å². The Morgan fingerprint density at radius 2 is 1.86 bits per heavy atom. The molecule has 1 heterocycles. The lowest BCUT2D eigenvalue weighted by molar-refractivity contribution is -0.145. The van der Waals surface area contributed by atoms with Crippen molar-refractivity contribution in [2.45, 2.75) is 11.6 Å². The maximum atomic E-state index is 11.1. The van der Waals surface area contributed by atoms with Crippen LogP contribution in [-0.2, 0) is 4.18 Å². The van der Waals surface area contributed by atoms with E-state index in [1.807, 2.05) is 0 Å². The molecule has 7 heavy (non-hydrogen) atoms. The summed E-state index contributed by atoms with van der Waals surface area (Å²) in [5.74, 6) is 0. The van der Waals surface area contributed by atoms with Crippen molar-refractivity contribution < 1.29 is 17.4 Å². The minimum absolute atomic E-state index is 0.450. The van der Waals surface area contributed by atoms with Crippen LogP contribution in [0.5, 0.6) is 0 Å². The molecule has 1 atom stereocenters. The van der Waals surface area contributed by atoms with Gasteiger partial charge in [0, 0.05) is 12.0 Å². The molecule has 0 aromatic heterocycles. The van der Waals surface area contributed by atoms with E-state index in [1.165, 1.54) is 0 Å². The molecule has 1 nitrogen and oxygen atoms in total. The van der Waals surface area contributed by atoms with Crippen LogP contribution in [0.2, 0.25) is 0 Å². The Morgan fingerprint density at radius 3 is 1.86 bits per heavy atom. The molecule has 0 radical (unpaired) electrons. The highest BCUT2D eigenvalue weighted by atomic mass is 32.2. The summed E-state index contributed by atoms with van der Waals surface area (Å²) >= 11 is 0.450. The Kier molecular flexibility index (Phi) is 0.964. The van der Waals surface area contributed by atoms with Crippen LogP contribution in [-0.4, -0.2) is 11.6 Å². The molecule has 1 aliphatic heterocycles. The molecular weight excluding hydrogens is 129 g/mol. The zero-order valence-corrected chi connectivity index (χ0v) is 3.84. The fourth-order valence-electron chi connectivity index (χ4n) is 0.137. The molecule has 42 valence electrons. The van der Waals surface area contributed by atoms with Crippen molar-refractivity contribution in [3.05, 3.63) is 0 Å². The Bertz CT molecular complexity index is 75.5. The number of hydrogen-bond donors (Lipinski definition) is 0. The molecule has 0 aliphatic carbocycles. The van der Waals surface area contributed by atoms with Gasteiger partial charge in [-0.3, -0.25) is 4.18 Å². The Morgan fingerprint density at radius 1 is 1.43 bits per heavy atom. The third kappa shape index (κ3) is 1.24. The van der Waals surface area contributed by atoms with Gasteiger partial charge in [0.2, 0.25) is 5.44 Å². The summed E-state index contributed by atoms with van der Waals surface area (Å²) in [5, 5.41) is 0. The van der Waals surface area contributed by atoms with Crippen LogP contribution < -0.4 is 0 Å². The van der Waals surface area contributed by atoms with E-state index in [-0.39, 0.29) is 0 Å². The van der Waals surface area contributed by atoms with Gasteiger partial charge >= 0.3 is 6.18 Å². The molecule has 0 saturated carbocycles. The lowest BCUT2D eigenvalue weighted by atomic mass is 10.7. The quantitative estimate of drug-likeness (QED) is 0.364. The fourth-order valence-corrected chi connectivity index (χ4v) is 0.411. The third-order valence-electron chi connectivity index (χ3n) is 0.460. The second-order valence-electron chi connectivity index (χ2n) is 1.07. The highest BCUT2D eigenvalue weighted by molar-refractivity contribution is 8.00. The number of halogens is 3. The molecule has 0 amide bonds. The van der Waals surface area contributed by atoms with Crippen LogP contribution in [0, 0.1) is 0 Å². The van der Waals surface area contributed by atoms with Gasteiger partial charge in [0.15, 0.2) is 0 Å². The molecule has 0 bridgehead atoms. The molecule has 1 fully saturated rings. The first-order valence-corrected chi connectivity index (χ1v) is 2.30. The number of alkyl halides is 3. The first-order chi connectivity index (χ1) is 3.11. The van der Waals surface area contributed by atoms with Crippen molar-refractivity contribution in [2.75, 3.05) is 0 Å². The summed E-state index contributed by atoms with van der Waals surface area (Å²) in [4.78, 5) is 0. The van der Waals surface area contributed by atoms with Gasteiger partial charge in [0.05, 0.1) is 0 Å². The fraction of sp³-hybridized carbons (Fsp3) is 1.00. The first kappa shape index (κ1) is 5.24. The third-order valence-corrected chi connectivity index (χ3v) is 1.11. The zero-order valence-electron chi connectivity index (χ0n) is 3.03. The number of hydrogen-bond acceptors (Lipinski definition) is 2. The summed E-state index contributed by atoms with van der Waals surface area (Å²) in [5.41, 5.74) is -1.53.